The number of carbonyl (C=O) groups is 2. The Balaban J connectivity index is 2.04. The van der Waals surface area contributed by atoms with Gasteiger partial charge in [-0.15, -0.1) is 0 Å². The Kier molecular flexibility index (Phi) is 2.89. The van der Waals surface area contributed by atoms with E-state index in [1.54, 1.807) is 0 Å². The van der Waals surface area contributed by atoms with E-state index < -0.39 is 5.54 Å². The Labute approximate surface area is 102 Å². The highest BCUT2D eigenvalue weighted by Gasteiger charge is 2.52. The minimum Gasteiger partial charge on any atom is -0.322 e. The van der Waals surface area contributed by atoms with Crippen molar-refractivity contribution in [3.8, 4) is 0 Å². The molecule has 2 rings (SSSR count). The summed E-state index contributed by atoms with van der Waals surface area (Å²) in [6.45, 7) is 8.19. The van der Waals surface area contributed by atoms with Crippen molar-refractivity contribution < 1.29 is 9.59 Å². The van der Waals surface area contributed by atoms with E-state index >= 15 is 0 Å². The molecule has 1 unspecified atom stereocenters. The highest BCUT2D eigenvalue weighted by Crippen LogP contribution is 2.26. The largest absolute Gasteiger partial charge is 0.325 e. The number of rotatable bonds is 2. The molecule has 2 fully saturated rings. The molecule has 5 nitrogen and oxygen atoms in total. The number of amides is 3. The molecule has 1 spiro atoms. The van der Waals surface area contributed by atoms with Crippen molar-refractivity contribution in [1.82, 2.24) is 15.5 Å². The van der Waals surface area contributed by atoms with E-state index in [1.165, 1.54) is 4.90 Å². The Morgan fingerprint density at radius 1 is 1.35 bits per heavy atom. The zero-order valence-electron chi connectivity index (χ0n) is 10.8. The maximum atomic E-state index is 12.3. The third kappa shape index (κ3) is 2.29. The fourth-order valence-corrected chi connectivity index (χ4v) is 2.31. The molecule has 96 valence electrons. The molecule has 0 radical (unpaired) electrons. The van der Waals surface area contributed by atoms with Crippen molar-refractivity contribution in [2.75, 3.05) is 19.6 Å². The van der Waals surface area contributed by atoms with Crippen LogP contribution in [0.5, 0.6) is 0 Å². The van der Waals surface area contributed by atoms with E-state index in [0.29, 0.717) is 19.5 Å². The van der Waals surface area contributed by atoms with Gasteiger partial charge in [-0.1, -0.05) is 20.8 Å². The van der Waals surface area contributed by atoms with Crippen LogP contribution >= 0.6 is 0 Å². The van der Waals surface area contributed by atoms with E-state index in [9.17, 15) is 9.59 Å². The molecule has 3 amide bonds. The maximum Gasteiger partial charge on any atom is 0.325 e. The number of carbonyl (C=O) groups excluding carboxylic acids is 2. The zero-order valence-corrected chi connectivity index (χ0v) is 10.8. The molecule has 0 aromatic carbocycles. The summed E-state index contributed by atoms with van der Waals surface area (Å²) in [4.78, 5) is 25.5. The monoisotopic (exact) mass is 239 g/mol. The van der Waals surface area contributed by atoms with Gasteiger partial charge >= 0.3 is 6.03 Å². The van der Waals surface area contributed by atoms with Gasteiger partial charge in [-0.3, -0.25) is 9.69 Å². The number of hydrogen-bond donors (Lipinski definition) is 2. The molecule has 5 heteroatoms. The lowest BCUT2D eigenvalue weighted by Gasteiger charge is -2.23. The van der Waals surface area contributed by atoms with Gasteiger partial charge in [-0.2, -0.15) is 0 Å². The molecule has 2 N–H and O–H groups in total. The predicted molar refractivity (Wildman–Crippen MR) is 64.5 cm³/mol. The number of urea groups is 1. The fourth-order valence-electron chi connectivity index (χ4n) is 2.31. The number of hydrogen-bond acceptors (Lipinski definition) is 3. The molecular weight excluding hydrogens is 218 g/mol. The summed E-state index contributed by atoms with van der Waals surface area (Å²) in [5, 5.41) is 5.98. The van der Waals surface area contributed by atoms with Gasteiger partial charge in [0.25, 0.3) is 5.91 Å². The number of nitrogens with zero attached hydrogens (tertiary/aromatic N) is 1. The maximum absolute atomic E-state index is 12.3. The lowest BCUT2D eigenvalue weighted by Crippen LogP contribution is -2.48. The summed E-state index contributed by atoms with van der Waals surface area (Å²) in [6, 6.07) is -0.233. The lowest BCUT2D eigenvalue weighted by atomic mass is 9.92. The topological polar surface area (TPSA) is 61.4 Å². The zero-order chi connectivity index (χ0) is 12.7. The summed E-state index contributed by atoms with van der Waals surface area (Å²) in [5.74, 6) is -0.0586. The fraction of sp³-hybridized carbons (Fsp3) is 0.833. The summed E-state index contributed by atoms with van der Waals surface area (Å²) in [7, 11) is 0. The summed E-state index contributed by atoms with van der Waals surface area (Å²) in [6.07, 6.45) is 1.53. The van der Waals surface area contributed by atoms with Crippen LogP contribution in [0.4, 0.5) is 4.79 Å². The Hall–Kier alpha value is -1.10. The van der Waals surface area contributed by atoms with Gasteiger partial charge in [0.15, 0.2) is 0 Å². The van der Waals surface area contributed by atoms with Gasteiger partial charge in [0.05, 0.1) is 0 Å². The first kappa shape index (κ1) is 12.4. The van der Waals surface area contributed by atoms with Crippen molar-refractivity contribution in [2.24, 2.45) is 5.41 Å². The van der Waals surface area contributed by atoms with Crippen LogP contribution in [-0.2, 0) is 4.79 Å². The summed E-state index contributed by atoms with van der Waals surface area (Å²) >= 11 is 0. The smallest absolute Gasteiger partial charge is 0.322 e. The van der Waals surface area contributed by atoms with E-state index in [0.717, 1.165) is 13.0 Å². The van der Waals surface area contributed by atoms with Crippen LogP contribution in [0.1, 0.15) is 33.6 Å². The van der Waals surface area contributed by atoms with Gasteiger partial charge in [-0.05, 0) is 24.8 Å². The first-order valence-electron chi connectivity index (χ1n) is 6.19. The average Bonchev–Trinajstić information content (AvgIpc) is 2.73. The van der Waals surface area contributed by atoms with Crippen LogP contribution in [0.25, 0.3) is 0 Å². The van der Waals surface area contributed by atoms with Crippen LogP contribution in [0.15, 0.2) is 0 Å². The van der Waals surface area contributed by atoms with Gasteiger partial charge in [-0.25, -0.2) is 4.79 Å². The van der Waals surface area contributed by atoms with Crippen LogP contribution in [0, 0.1) is 5.41 Å². The summed E-state index contributed by atoms with van der Waals surface area (Å²) in [5.41, 5.74) is -0.529. The van der Waals surface area contributed by atoms with Crippen molar-refractivity contribution >= 4 is 11.9 Å². The van der Waals surface area contributed by atoms with Crippen LogP contribution in [0.2, 0.25) is 0 Å². The minimum atomic E-state index is -0.658. The quantitative estimate of drug-likeness (QED) is 0.698. The second kappa shape index (κ2) is 3.98. The van der Waals surface area contributed by atoms with Crippen molar-refractivity contribution in [2.45, 2.75) is 39.2 Å². The SMILES string of the molecule is CC(C)(C)CCN1C(=O)NC2(CCNC2)C1=O. The van der Waals surface area contributed by atoms with Gasteiger partial charge in [0.1, 0.15) is 5.54 Å². The highest BCUT2D eigenvalue weighted by molar-refractivity contribution is 6.07. The predicted octanol–water partition coefficient (Wildman–Crippen LogP) is 0.707. The molecule has 0 aliphatic carbocycles. The number of nitrogens with one attached hydrogen (secondary N) is 2. The first-order chi connectivity index (χ1) is 7.84. The molecule has 2 aliphatic rings. The second-order valence-electron chi connectivity index (χ2n) is 6.21. The normalized spacial score (nSPS) is 29.2. The Morgan fingerprint density at radius 2 is 2.06 bits per heavy atom. The Bertz CT molecular complexity index is 340. The van der Waals surface area contributed by atoms with Crippen molar-refractivity contribution in [3.63, 3.8) is 0 Å². The standard InChI is InChI=1S/C12H21N3O2/c1-11(2,3)5-7-15-9(16)12(14-10(15)17)4-6-13-8-12/h13H,4-8H2,1-3H3,(H,14,17). The van der Waals surface area contributed by atoms with E-state index in [1.807, 2.05) is 0 Å². The Morgan fingerprint density at radius 3 is 2.59 bits per heavy atom. The van der Waals surface area contributed by atoms with Gasteiger partial charge < -0.3 is 10.6 Å². The van der Waals surface area contributed by atoms with E-state index in [2.05, 4.69) is 31.4 Å². The molecule has 0 saturated carbocycles. The molecule has 2 heterocycles. The molecule has 0 aromatic heterocycles. The molecule has 17 heavy (non-hydrogen) atoms. The van der Waals surface area contributed by atoms with Crippen molar-refractivity contribution in [1.29, 1.82) is 0 Å². The third-order valence-corrected chi connectivity index (χ3v) is 3.49. The lowest BCUT2D eigenvalue weighted by molar-refractivity contribution is -0.130. The summed E-state index contributed by atoms with van der Waals surface area (Å²) < 4.78 is 0. The van der Waals surface area contributed by atoms with E-state index in [-0.39, 0.29) is 17.4 Å². The number of imide groups is 1. The molecule has 2 saturated heterocycles. The minimum absolute atomic E-state index is 0.0586. The molecule has 0 bridgehead atoms. The van der Waals surface area contributed by atoms with Gasteiger partial charge in [0, 0.05) is 13.1 Å². The van der Waals surface area contributed by atoms with Crippen LogP contribution in [-0.4, -0.2) is 42.0 Å². The first-order valence-corrected chi connectivity index (χ1v) is 6.19. The third-order valence-electron chi connectivity index (χ3n) is 3.49. The molecular formula is C12H21N3O2. The van der Waals surface area contributed by atoms with Crippen molar-refractivity contribution in [3.05, 3.63) is 0 Å². The van der Waals surface area contributed by atoms with Gasteiger partial charge in [0.2, 0.25) is 0 Å². The molecule has 2 aliphatic heterocycles. The second-order valence-corrected chi connectivity index (χ2v) is 6.21. The average molecular weight is 239 g/mol. The molecule has 1 atom stereocenters. The molecule has 0 aromatic rings. The van der Waals surface area contributed by atoms with Crippen LogP contribution < -0.4 is 10.6 Å². The highest BCUT2D eigenvalue weighted by atomic mass is 16.2. The van der Waals surface area contributed by atoms with Crippen LogP contribution in [0.3, 0.4) is 0 Å². The van der Waals surface area contributed by atoms with E-state index in [4.69, 9.17) is 0 Å².